The summed E-state index contributed by atoms with van der Waals surface area (Å²) in [5.74, 6) is -3.64. The second-order valence-corrected chi connectivity index (χ2v) is 13.1. The number of hydrogen-bond acceptors (Lipinski definition) is 8. The van der Waals surface area contributed by atoms with Crippen molar-refractivity contribution in [1.29, 1.82) is 0 Å². The van der Waals surface area contributed by atoms with Gasteiger partial charge in [0.05, 0.1) is 5.69 Å². The highest BCUT2D eigenvalue weighted by Crippen LogP contribution is 2.32. The predicted molar refractivity (Wildman–Crippen MR) is 171 cm³/mol. The van der Waals surface area contributed by atoms with Crippen molar-refractivity contribution in [2.45, 2.75) is 96.9 Å². The van der Waals surface area contributed by atoms with Gasteiger partial charge in [-0.25, -0.2) is 13.4 Å². The molecule has 1 saturated heterocycles. The average Bonchev–Trinajstić information content (AvgIpc) is 3.53. The van der Waals surface area contributed by atoms with Crippen LogP contribution in [0, 0.1) is 17.7 Å². The second-order valence-electron chi connectivity index (χ2n) is 13.1. The third-order valence-electron chi connectivity index (χ3n) is 9.68. The van der Waals surface area contributed by atoms with E-state index < -0.39 is 47.7 Å². The molecular weight excluding hydrogens is 612 g/mol. The number of likely N-dealkylation sites (N-methyl/N-ethyl adjacent to an activating group) is 1. The van der Waals surface area contributed by atoms with Crippen LogP contribution in [-0.2, 0) is 20.8 Å². The lowest BCUT2D eigenvalue weighted by Crippen LogP contribution is -2.58. The van der Waals surface area contributed by atoms with Crippen molar-refractivity contribution in [2.75, 3.05) is 32.0 Å². The second kappa shape index (κ2) is 15.8. The van der Waals surface area contributed by atoms with E-state index in [2.05, 4.69) is 38.1 Å². The molecule has 1 aromatic heterocycles. The topological polar surface area (TPSA) is 150 Å². The van der Waals surface area contributed by atoms with Crippen molar-refractivity contribution in [3.8, 4) is 0 Å². The Labute approximate surface area is 274 Å². The number of piperazine rings is 1. The Morgan fingerprint density at radius 2 is 1.72 bits per heavy atom. The van der Waals surface area contributed by atoms with Gasteiger partial charge in [-0.2, -0.15) is 0 Å². The molecule has 2 aliphatic rings. The Balaban J connectivity index is 1.53. The lowest BCUT2D eigenvalue weighted by molar-refractivity contribution is -0.140. The fourth-order valence-electron chi connectivity index (χ4n) is 6.27. The third kappa shape index (κ3) is 8.70. The lowest BCUT2D eigenvalue weighted by Gasteiger charge is -2.40. The van der Waals surface area contributed by atoms with E-state index in [-0.39, 0.29) is 29.2 Å². The molecule has 258 valence electrons. The fraction of sp³-hybridized carbons (Fsp3) is 0.636. The number of hydrogen-bond donors (Lipinski definition) is 3. The molecule has 0 bridgehead atoms. The van der Waals surface area contributed by atoms with Crippen LogP contribution in [0.25, 0.3) is 0 Å². The average molecular weight is 660 g/mol. The third-order valence-corrected chi connectivity index (χ3v) is 9.68. The lowest BCUT2D eigenvalue weighted by atomic mass is 9.79. The number of alkyl halides is 1. The number of amides is 4. The molecule has 2 fully saturated rings. The molecule has 1 aliphatic heterocycles. The summed E-state index contributed by atoms with van der Waals surface area (Å²) in [5.41, 5.74) is 0.641. The van der Waals surface area contributed by atoms with Gasteiger partial charge in [0.2, 0.25) is 11.8 Å². The molecule has 2 unspecified atom stereocenters. The maximum Gasteiger partial charge on any atom is 0.276 e. The van der Waals surface area contributed by atoms with Crippen molar-refractivity contribution in [3.63, 3.8) is 0 Å². The molecule has 1 saturated carbocycles. The fourth-order valence-corrected chi connectivity index (χ4v) is 6.27. The van der Waals surface area contributed by atoms with Crippen molar-refractivity contribution >= 4 is 29.3 Å². The van der Waals surface area contributed by atoms with E-state index in [1.54, 1.807) is 24.8 Å². The van der Waals surface area contributed by atoms with Crippen LogP contribution in [0.5, 0.6) is 0 Å². The normalized spacial score (nSPS) is 22.9. The zero-order chi connectivity index (χ0) is 34.4. The van der Waals surface area contributed by atoms with Crippen LogP contribution < -0.4 is 16.0 Å². The summed E-state index contributed by atoms with van der Waals surface area (Å²) < 4.78 is 34.3. The Kier molecular flexibility index (Phi) is 12.0. The Bertz CT molecular complexity index is 1430. The largest absolute Gasteiger partial charge is 0.341 e. The van der Waals surface area contributed by atoms with Gasteiger partial charge in [0.1, 0.15) is 23.6 Å². The molecule has 5 atom stereocenters. The summed E-state index contributed by atoms with van der Waals surface area (Å²) in [6, 6.07) is 2.14. The number of carbonyl (C=O) groups is 4. The molecule has 2 aromatic rings. The highest BCUT2D eigenvalue weighted by Gasteiger charge is 2.37. The number of carbonyl (C=O) groups excluding carboxylic acids is 4. The van der Waals surface area contributed by atoms with Crippen LogP contribution in [0.2, 0.25) is 0 Å². The maximum absolute atomic E-state index is 15.6. The first-order valence-electron chi connectivity index (χ1n) is 16.5. The summed E-state index contributed by atoms with van der Waals surface area (Å²) in [7, 11) is 1.96. The number of nitrogens with one attached hydrogen (secondary N) is 3. The summed E-state index contributed by atoms with van der Waals surface area (Å²) in [5, 5.41) is 15.4. The molecule has 4 rings (SSSR count). The molecule has 1 aromatic carbocycles. The summed E-state index contributed by atoms with van der Waals surface area (Å²) in [6.45, 7) is 10.2. The van der Waals surface area contributed by atoms with Gasteiger partial charge in [-0.1, -0.05) is 44.8 Å². The molecule has 12 nitrogen and oxygen atoms in total. The van der Waals surface area contributed by atoms with E-state index in [0.717, 1.165) is 19.8 Å². The van der Waals surface area contributed by atoms with Crippen molar-refractivity contribution in [2.24, 2.45) is 11.8 Å². The van der Waals surface area contributed by atoms with Crippen LogP contribution in [-0.4, -0.2) is 94.7 Å². The van der Waals surface area contributed by atoms with Crippen molar-refractivity contribution < 1.29 is 32.6 Å². The molecular formula is C33H47F2N7O5. The van der Waals surface area contributed by atoms with Gasteiger partial charge in [-0.3, -0.25) is 19.2 Å². The van der Waals surface area contributed by atoms with Crippen LogP contribution in [0.1, 0.15) is 88.0 Å². The number of anilines is 1. The van der Waals surface area contributed by atoms with E-state index in [0.29, 0.717) is 56.1 Å². The van der Waals surface area contributed by atoms with E-state index >= 15 is 4.39 Å². The molecule has 0 radical (unpaired) electrons. The van der Waals surface area contributed by atoms with Crippen LogP contribution in [0.4, 0.5) is 14.5 Å². The smallest absolute Gasteiger partial charge is 0.276 e. The van der Waals surface area contributed by atoms with Gasteiger partial charge in [0, 0.05) is 31.6 Å². The Hall–Kier alpha value is -3.94. The minimum absolute atomic E-state index is 0.00313. The highest BCUT2D eigenvalue weighted by atomic mass is 19.1. The number of rotatable bonds is 11. The SMILES string of the molecule is CCc1nonc1C(=O)N[C@H](C(=O)Nc1ccc([C@H](C)C(NC(=O)C(C)F)C(=O)N2CCN(C)[C@@H](C)C2)cc1F)C1CCC(C)CC1. The summed E-state index contributed by atoms with van der Waals surface area (Å²) >= 11 is 0. The predicted octanol–water partition coefficient (Wildman–Crippen LogP) is 3.44. The van der Waals surface area contributed by atoms with Crippen molar-refractivity contribution in [1.82, 2.24) is 30.7 Å². The van der Waals surface area contributed by atoms with Gasteiger partial charge in [-0.05, 0) is 74.8 Å². The van der Waals surface area contributed by atoms with E-state index in [1.165, 1.54) is 12.1 Å². The molecule has 3 N–H and O–H groups in total. The van der Waals surface area contributed by atoms with Crippen LogP contribution in [0.3, 0.4) is 0 Å². The first-order valence-corrected chi connectivity index (χ1v) is 16.5. The monoisotopic (exact) mass is 659 g/mol. The number of halogens is 2. The minimum atomic E-state index is -1.84. The molecule has 1 aliphatic carbocycles. The molecule has 14 heteroatoms. The van der Waals surface area contributed by atoms with E-state index in [1.807, 2.05) is 14.0 Å². The first-order chi connectivity index (χ1) is 22.3. The van der Waals surface area contributed by atoms with Crippen LogP contribution >= 0.6 is 0 Å². The zero-order valence-corrected chi connectivity index (χ0v) is 28.0. The Morgan fingerprint density at radius 3 is 2.34 bits per heavy atom. The quantitative estimate of drug-likeness (QED) is 0.332. The van der Waals surface area contributed by atoms with Gasteiger partial charge < -0.3 is 25.8 Å². The van der Waals surface area contributed by atoms with Crippen molar-refractivity contribution in [3.05, 3.63) is 41.0 Å². The number of benzene rings is 1. The molecule has 0 spiro atoms. The zero-order valence-electron chi connectivity index (χ0n) is 28.0. The van der Waals surface area contributed by atoms with Gasteiger partial charge in [0.15, 0.2) is 11.9 Å². The molecule has 47 heavy (non-hydrogen) atoms. The van der Waals surface area contributed by atoms with Crippen LogP contribution in [0.15, 0.2) is 22.8 Å². The number of aromatic nitrogens is 2. The maximum atomic E-state index is 15.6. The van der Waals surface area contributed by atoms with Gasteiger partial charge >= 0.3 is 0 Å². The minimum Gasteiger partial charge on any atom is -0.341 e. The number of aryl methyl sites for hydroxylation is 1. The first kappa shape index (κ1) is 35.9. The summed E-state index contributed by atoms with van der Waals surface area (Å²) in [4.78, 5) is 56.6. The van der Waals surface area contributed by atoms with E-state index in [9.17, 15) is 23.6 Å². The standard InChI is InChI=1S/C33H47F2N7O5/c1-7-25-29(40-47-39-25)32(45)38-28(22-10-8-18(2)9-11-22)31(44)36-26-13-12-23(16-24(26)35)20(4)27(37-30(43)21(5)34)33(46)42-15-14-41(6)19(3)17-42/h12-13,16,18-22,27-28H,7-11,14-15,17H2,1-6H3,(H,36,44)(H,37,43)(H,38,45)/t18?,19-,20-,21?,22?,27?,28-/m0/s1. The molecule has 4 amide bonds. The Morgan fingerprint density at radius 1 is 1.02 bits per heavy atom. The summed E-state index contributed by atoms with van der Waals surface area (Å²) in [6.07, 6.45) is 1.77. The van der Waals surface area contributed by atoms with E-state index in [4.69, 9.17) is 4.63 Å². The number of nitrogens with zero attached hydrogens (tertiary/aromatic N) is 4. The van der Waals surface area contributed by atoms with Gasteiger partial charge in [-0.15, -0.1) is 0 Å². The molecule has 2 heterocycles. The highest BCUT2D eigenvalue weighted by molar-refractivity contribution is 6.01. The van der Waals surface area contributed by atoms with Gasteiger partial charge in [0.25, 0.3) is 11.8 Å².